The molecule has 0 fully saturated rings. The Balaban J connectivity index is 1.20. The van der Waals surface area contributed by atoms with Gasteiger partial charge in [0.15, 0.2) is 0 Å². The molecule has 2 heteroatoms. The third-order valence-corrected chi connectivity index (χ3v) is 13.0. The molecular weight excluding hydrogens is 797 g/mol. The van der Waals surface area contributed by atoms with Crippen LogP contribution in [0, 0.1) is 0 Å². The summed E-state index contributed by atoms with van der Waals surface area (Å²) in [5.74, 6) is 0. The number of anilines is 6. The molecule has 0 spiro atoms. The van der Waals surface area contributed by atoms with Gasteiger partial charge < -0.3 is 9.80 Å². The minimum atomic E-state index is 1.10. The smallest absolute Gasteiger partial charge is 0.0546 e. The molecule has 0 aliphatic carbocycles. The van der Waals surface area contributed by atoms with Gasteiger partial charge in [-0.15, -0.1) is 0 Å². The van der Waals surface area contributed by atoms with Crippen molar-refractivity contribution < 1.29 is 0 Å². The van der Waals surface area contributed by atoms with Crippen LogP contribution in [0.1, 0.15) is 0 Å². The minimum absolute atomic E-state index is 1.10. The standard InChI is InChI=1S/C64H44N2/c1-7-19-45(20-8-1)47-31-35-49(36-32-47)59-43-61(65(51-23-11-3-12-24-51)52-25-13-4-14-26-52)57-41-42-58-62(66(53-27-15-5-16-28-53)54-29-17-6-18-30-54)44-60(56-40-39-55(59)63(57)64(56)58)50-37-33-48(34-38-50)46-21-9-2-10-22-46/h1-44H. The topological polar surface area (TPSA) is 6.48 Å². The lowest BCUT2D eigenvalue weighted by Crippen LogP contribution is -2.12. The summed E-state index contributed by atoms with van der Waals surface area (Å²) >= 11 is 0. The summed E-state index contributed by atoms with van der Waals surface area (Å²) in [5, 5.41) is 7.30. The van der Waals surface area contributed by atoms with Gasteiger partial charge in [-0.3, -0.25) is 0 Å². The van der Waals surface area contributed by atoms with E-state index in [1.165, 1.54) is 76.8 Å². The van der Waals surface area contributed by atoms with E-state index < -0.39 is 0 Å². The molecule has 66 heavy (non-hydrogen) atoms. The molecule has 0 radical (unpaired) electrons. The van der Waals surface area contributed by atoms with E-state index >= 15 is 0 Å². The first-order valence-corrected chi connectivity index (χ1v) is 22.7. The number of rotatable bonds is 10. The van der Waals surface area contributed by atoms with Crippen LogP contribution < -0.4 is 9.80 Å². The van der Waals surface area contributed by atoms with E-state index in [2.05, 4.69) is 277 Å². The molecule has 310 valence electrons. The summed E-state index contributed by atoms with van der Waals surface area (Å²) in [5.41, 5.74) is 16.2. The molecule has 0 aromatic heterocycles. The van der Waals surface area contributed by atoms with Crippen LogP contribution in [-0.4, -0.2) is 0 Å². The Morgan fingerprint density at radius 1 is 0.197 bits per heavy atom. The summed E-state index contributed by atoms with van der Waals surface area (Å²) in [6.07, 6.45) is 0. The van der Waals surface area contributed by atoms with Crippen LogP contribution in [0.5, 0.6) is 0 Å². The van der Waals surface area contributed by atoms with Crippen molar-refractivity contribution >= 4 is 66.4 Å². The van der Waals surface area contributed by atoms with Crippen molar-refractivity contribution in [2.24, 2.45) is 0 Å². The maximum absolute atomic E-state index is 2.43. The van der Waals surface area contributed by atoms with E-state index in [1.54, 1.807) is 0 Å². The molecule has 0 aliphatic heterocycles. The van der Waals surface area contributed by atoms with E-state index in [-0.39, 0.29) is 0 Å². The maximum Gasteiger partial charge on any atom is 0.0546 e. The fourth-order valence-corrected chi connectivity index (χ4v) is 9.91. The second-order valence-corrected chi connectivity index (χ2v) is 16.9. The van der Waals surface area contributed by atoms with Crippen LogP contribution >= 0.6 is 0 Å². The normalized spacial score (nSPS) is 11.3. The highest BCUT2D eigenvalue weighted by Crippen LogP contribution is 2.52. The lowest BCUT2D eigenvalue weighted by Gasteiger charge is -2.31. The van der Waals surface area contributed by atoms with Crippen molar-refractivity contribution in [3.8, 4) is 44.5 Å². The number of benzene rings is 12. The summed E-state index contributed by atoms with van der Waals surface area (Å²) in [6.45, 7) is 0. The van der Waals surface area contributed by atoms with Crippen molar-refractivity contribution in [2.45, 2.75) is 0 Å². The van der Waals surface area contributed by atoms with Crippen LogP contribution in [0.25, 0.3) is 76.8 Å². The van der Waals surface area contributed by atoms with Gasteiger partial charge in [0, 0.05) is 44.3 Å². The largest absolute Gasteiger partial charge is 0.310 e. The SMILES string of the molecule is c1ccc(-c2ccc(-c3cc(N(c4ccccc4)c4ccccc4)c4ccc5c(N(c6ccccc6)c6ccccc6)cc(-c6ccc(-c7ccccc7)cc6)c6ccc3c4c65)cc2)cc1. The van der Waals surface area contributed by atoms with Gasteiger partial charge >= 0.3 is 0 Å². The van der Waals surface area contributed by atoms with Gasteiger partial charge in [0.1, 0.15) is 0 Å². The Morgan fingerprint density at radius 2 is 0.439 bits per heavy atom. The van der Waals surface area contributed by atoms with Crippen molar-refractivity contribution in [1.29, 1.82) is 0 Å². The predicted molar refractivity (Wildman–Crippen MR) is 281 cm³/mol. The van der Waals surface area contributed by atoms with Gasteiger partial charge in [-0.1, -0.05) is 206 Å². The van der Waals surface area contributed by atoms with E-state index in [4.69, 9.17) is 0 Å². The third kappa shape index (κ3) is 6.93. The molecule has 2 nitrogen and oxygen atoms in total. The number of hydrogen-bond acceptors (Lipinski definition) is 2. The first-order chi connectivity index (χ1) is 32.8. The zero-order chi connectivity index (χ0) is 43.8. The van der Waals surface area contributed by atoms with Crippen LogP contribution in [0.2, 0.25) is 0 Å². The minimum Gasteiger partial charge on any atom is -0.310 e. The molecule has 0 unspecified atom stereocenters. The molecule has 0 bridgehead atoms. The Hall–Kier alpha value is -8.72. The average Bonchev–Trinajstić information content (AvgIpc) is 3.40. The van der Waals surface area contributed by atoms with E-state index in [9.17, 15) is 0 Å². The molecule has 0 N–H and O–H groups in total. The molecular formula is C64H44N2. The molecule has 0 amide bonds. The van der Waals surface area contributed by atoms with Crippen LogP contribution in [0.3, 0.4) is 0 Å². The molecule has 0 atom stereocenters. The van der Waals surface area contributed by atoms with Crippen molar-refractivity contribution in [1.82, 2.24) is 0 Å². The van der Waals surface area contributed by atoms with Gasteiger partial charge in [-0.2, -0.15) is 0 Å². The Bertz CT molecular complexity index is 3250. The zero-order valence-corrected chi connectivity index (χ0v) is 36.3. The molecule has 12 rings (SSSR count). The van der Waals surface area contributed by atoms with Crippen LogP contribution in [0.4, 0.5) is 34.1 Å². The molecule has 0 heterocycles. The fraction of sp³-hybridized carbons (Fsp3) is 0. The lowest BCUT2D eigenvalue weighted by molar-refractivity contribution is 1.30. The molecule has 0 aliphatic rings. The van der Waals surface area contributed by atoms with E-state index in [0.717, 1.165) is 34.1 Å². The van der Waals surface area contributed by atoms with Gasteiger partial charge in [0.2, 0.25) is 0 Å². The van der Waals surface area contributed by atoms with Crippen molar-refractivity contribution in [2.75, 3.05) is 9.80 Å². The predicted octanol–water partition coefficient (Wildman–Crippen LogP) is 18.2. The highest BCUT2D eigenvalue weighted by atomic mass is 15.1. The maximum atomic E-state index is 2.43. The Morgan fingerprint density at radius 3 is 0.742 bits per heavy atom. The summed E-state index contributed by atoms with van der Waals surface area (Å²) in [4.78, 5) is 4.86. The van der Waals surface area contributed by atoms with Crippen molar-refractivity contribution in [3.63, 3.8) is 0 Å². The number of para-hydroxylation sites is 4. The third-order valence-electron chi connectivity index (χ3n) is 13.0. The Labute approximate surface area is 385 Å². The number of nitrogens with zero attached hydrogens (tertiary/aromatic N) is 2. The van der Waals surface area contributed by atoms with Gasteiger partial charge in [0.05, 0.1) is 11.4 Å². The van der Waals surface area contributed by atoms with Crippen molar-refractivity contribution in [3.05, 3.63) is 267 Å². The lowest BCUT2D eigenvalue weighted by atomic mass is 9.85. The molecule has 12 aromatic rings. The monoisotopic (exact) mass is 840 g/mol. The second-order valence-electron chi connectivity index (χ2n) is 16.9. The number of hydrogen-bond donors (Lipinski definition) is 0. The van der Waals surface area contributed by atoms with Gasteiger partial charge in [-0.05, 0) is 116 Å². The summed E-state index contributed by atoms with van der Waals surface area (Å²) < 4.78 is 0. The zero-order valence-electron chi connectivity index (χ0n) is 36.3. The van der Waals surface area contributed by atoms with Crippen LogP contribution in [-0.2, 0) is 0 Å². The average molecular weight is 841 g/mol. The Kier molecular flexibility index (Phi) is 9.89. The van der Waals surface area contributed by atoms with E-state index in [1.807, 2.05) is 0 Å². The van der Waals surface area contributed by atoms with Crippen LogP contribution in [0.15, 0.2) is 267 Å². The van der Waals surface area contributed by atoms with Gasteiger partial charge in [0.25, 0.3) is 0 Å². The summed E-state index contributed by atoms with van der Waals surface area (Å²) in [6, 6.07) is 97.0. The van der Waals surface area contributed by atoms with E-state index in [0.29, 0.717) is 0 Å². The quantitative estimate of drug-likeness (QED) is 0.127. The first-order valence-electron chi connectivity index (χ1n) is 22.7. The summed E-state index contributed by atoms with van der Waals surface area (Å²) in [7, 11) is 0. The van der Waals surface area contributed by atoms with Gasteiger partial charge in [-0.25, -0.2) is 0 Å². The first kappa shape index (κ1) is 38.9. The molecule has 12 aromatic carbocycles. The fourth-order valence-electron chi connectivity index (χ4n) is 9.91. The molecule has 0 saturated carbocycles. The highest BCUT2D eigenvalue weighted by Gasteiger charge is 2.25. The highest BCUT2D eigenvalue weighted by molar-refractivity contribution is 6.32. The second kappa shape index (κ2) is 16.8. The molecule has 0 saturated heterocycles.